The van der Waals surface area contributed by atoms with Gasteiger partial charge in [-0.3, -0.25) is 9.78 Å². The second-order valence-corrected chi connectivity index (χ2v) is 8.51. The van der Waals surface area contributed by atoms with Crippen LogP contribution in [-0.4, -0.2) is 21.8 Å². The normalized spacial score (nSPS) is 12.2. The second kappa shape index (κ2) is 9.47. The molecular formula is C22H18ClN3O2S2. The van der Waals surface area contributed by atoms with Gasteiger partial charge in [0, 0.05) is 30.5 Å². The Bertz CT molecular complexity index is 1090. The predicted molar refractivity (Wildman–Crippen MR) is 125 cm³/mol. The number of rotatable bonds is 5. The number of ether oxygens (including phenoxy) is 1. The number of nitrogens with one attached hydrogen (secondary N) is 2. The molecule has 1 aliphatic rings. The van der Waals surface area contributed by atoms with Crippen molar-refractivity contribution in [2.24, 2.45) is 0 Å². The lowest BCUT2D eigenvalue weighted by Gasteiger charge is -2.13. The maximum atomic E-state index is 12.1. The average Bonchev–Trinajstić information content (AvgIpc) is 3.20. The summed E-state index contributed by atoms with van der Waals surface area (Å²) in [5, 5.41) is 6.25. The molecule has 1 aliphatic heterocycles. The molecule has 5 nitrogen and oxygen atoms in total. The fraction of sp³-hybridized carbons (Fsp3) is 0.136. The molecule has 1 amide bonds. The number of thiocarbonyl (C=S) groups is 1. The van der Waals surface area contributed by atoms with Crippen LogP contribution in [0.25, 0.3) is 0 Å². The monoisotopic (exact) mass is 455 g/mol. The van der Waals surface area contributed by atoms with Crippen LogP contribution in [0, 0.1) is 0 Å². The molecule has 0 spiro atoms. The number of hydrogen-bond acceptors (Lipinski definition) is 5. The summed E-state index contributed by atoms with van der Waals surface area (Å²) in [5.74, 6) is 2.21. The van der Waals surface area contributed by atoms with E-state index >= 15 is 0 Å². The minimum atomic E-state index is -0.196. The summed E-state index contributed by atoms with van der Waals surface area (Å²) in [5.41, 5.74) is 2.57. The van der Waals surface area contributed by atoms with Crippen molar-refractivity contribution in [3.05, 3.63) is 77.1 Å². The van der Waals surface area contributed by atoms with Crippen LogP contribution in [0.15, 0.2) is 65.7 Å². The van der Waals surface area contributed by atoms with Gasteiger partial charge in [-0.15, -0.1) is 11.8 Å². The lowest BCUT2D eigenvalue weighted by Crippen LogP contribution is -2.35. The molecular weight excluding hydrogens is 438 g/mol. The van der Waals surface area contributed by atoms with Gasteiger partial charge in [0.2, 0.25) is 5.91 Å². The molecule has 0 saturated heterocycles. The predicted octanol–water partition coefficient (Wildman–Crippen LogP) is 5.23. The Balaban J connectivity index is 1.37. The third-order valence-corrected chi connectivity index (χ3v) is 6.06. The van der Waals surface area contributed by atoms with Crippen molar-refractivity contribution < 1.29 is 9.53 Å². The first kappa shape index (κ1) is 20.7. The van der Waals surface area contributed by atoms with Gasteiger partial charge in [0.25, 0.3) is 0 Å². The first-order valence-electron chi connectivity index (χ1n) is 9.31. The van der Waals surface area contributed by atoms with Crippen LogP contribution >= 0.6 is 35.6 Å². The molecule has 0 saturated carbocycles. The lowest BCUT2D eigenvalue weighted by molar-refractivity contribution is -0.119. The van der Waals surface area contributed by atoms with Crippen molar-refractivity contribution in [3.8, 4) is 11.5 Å². The van der Waals surface area contributed by atoms with Gasteiger partial charge in [-0.05, 0) is 29.9 Å². The van der Waals surface area contributed by atoms with Gasteiger partial charge in [-0.2, -0.15) is 0 Å². The standard InChI is InChI=1S/C22H18ClN3O2S2/c23-16-13-15(28-19-8-10-24-18-9-11-30-21(18)19)6-7-17(16)25-22(29)26-20(27)12-14-4-2-1-3-5-14/h1-8,10,13H,9,11-12H2,(H2,25,26,27,29). The summed E-state index contributed by atoms with van der Waals surface area (Å²) < 4.78 is 6.02. The highest BCUT2D eigenvalue weighted by molar-refractivity contribution is 7.99. The smallest absolute Gasteiger partial charge is 0.230 e. The summed E-state index contributed by atoms with van der Waals surface area (Å²) in [4.78, 5) is 17.6. The van der Waals surface area contributed by atoms with Crippen molar-refractivity contribution >= 4 is 52.3 Å². The zero-order chi connectivity index (χ0) is 20.9. The van der Waals surface area contributed by atoms with E-state index in [0.717, 1.165) is 34.1 Å². The molecule has 3 aromatic rings. The Morgan fingerprint density at radius 2 is 2.03 bits per heavy atom. The van der Waals surface area contributed by atoms with Crippen LogP contribution in [0.4, 0.5) is 5.69 Å². The van der Waals surface area contributed by atoms with Gasteiger partial charge < -0.3 is 15.4 Å². The summed E-state index contributed by atoms with van der Waals surface area (Å²) in [6, 6.07) is 16.6. The van der Waals surface area contributed by atoms with Crippen molar-refractivity contribution in [3.63, 3.8) is 0 Å². The number of aryl methyl sites for hydroxylation is 1. The van der Waals surface area contributed by atoms with Crippen LogP contribution in [0.2, 0.25) is 5.02 Å². The molecule has 2 N–H and O–H groups in total. The summed E-state index contributed by atoms with van der Waals surface area (Å²) in [7, 11) is 0. The van der Waals surface area contributed by atoms with E-state index in [1.54, 1.807) is 36.2 Å². The third kappa shape index (κ3) is 5.11. The Labute approximate surface area is 189 Å². The van der Waals surface area contributed by atoms with E-state index in [0.29, 0.717) is 16.5 Å². The number of hydrogen-bond donors (Lipinski definition) is 2. The molecule has 0 aliphatic carbocycles. The van der Waals surface area contributed by atoms with Crippen molar-refractivity contribution in [2.45, 2.75) is 17.7 Å². The Morgan fingerprint density at radius 3 is 2.83 bits per heavy atom. The maximum Gasteiger partial charge on any atom is 0.230 e. The van der Waals surface area contributed by atoms with Crippen LogP contribution in [0.1, 0.15) is 11.3 Å². The number of benzene rings is 2. The fourth-order valence-electron chi connectivity index (χ4n) is 3.03. The Kier molecular flexibility index (Phi) is 6.52. The zero-order valence-electron chi connectivity index (χ0n) is 15.9. The number of amides is 1. The first-order chi connectivity index (χ1) is 14.6. The first-order valence-corrected chi connectivity index (χ1v) is 11.1. The molecule has 4 rings (SSSR count). The van der Waals surface area contributed by atoms with Crippen molar-refractivity contribution in [1.82, 2.24) is 10.3 Å². The minimum absolute atomic E-state index is 0.190. The molecule has 2 heterocycles. The van der Waals surface area contributed by atoms with Gasteiger partial charge in [0.05, 0.1) is 27.7 Å². The van der Waals surface area contributed by atoms with E-state index in [1.807, 2.05) is 36.4 Å². The fourth-order valence-corrected chi connectivity index (χ4v) is 4.54. The Morgan fingerprint density at radius 1 is 1.20 bits per heavy atom. The number of fused-ring (bicyclic) bond motifs is 1. The summed E-state index contributed by atoms with van der Waals surface area (Å²) in [6.07, 6.45) is 2.96. The van der Waals surface area contributed by atoms with Crippen LogP contribution in [0.5, 0.6) is 11.5 Å². The quantitative estimate of drug-likeness (QED) is 0.513. The SMILES string of the molecule is O=C(Cc1ccccc1)NC(=S)Nc1ccc(Oc2ccnc3c2SCC3)cc1Cl. The highest BCUT2D eigenvalue weighted by atomic mass is 35.5. The average molecular weight is 456 g/mol. The number of aromatic nitrogens is 1. The zero-order valence-corrected chi connectivity index (χ0v) is 18.2. The van der Waals surface area contributed by atoms with E-state index in [2.05, 4.69) is 15.6 Å². The number of halogens is 1. The summed E-state index contributed by atoms with van der Waals surface area (Å²) in [6.45, 7) is 0. The lowest BCUT2D eigenvalue weighted by atomic mass is 10.1. The molecule has 0 fully saturated rings. The Hall–Kier alpha value is -2.61. The molecule has 0 radical (unpaired) electrons. The van der Waals surface area contributed by atoms with Crippen LogP contribution in [-0.2, 0) is 17.6 Å². The van der Waals surface area contributed by atoms with E-state index in [4.69, 9.17) is 28.6 Å². The third-order valence-electron chi connectivity index (χ3n) is 4.40. The van der Waals surface area contributed by atoms with Gasteiger partial charge in [0.1, 0.15) is 11.5 Å². The molecule has 1 aromatic heterocycles. The van der Waals surface area contributed by atoms with E-state index in [1.165, 1.54) is 0 Å². The molecule has 0 unspecified atom stereocenters. The molecule has 0 atom stereocenters. The number of carbonyl (C=O) groups is 1. The molecule has 0 bridgehead atoms. The van der Waals surface area contributed by atoms with Gasteiger partial charge in [-0.25, -0.2) is 0 Å². The molecule has 2 aromatic carbocycles. The van der Waals surface area contributed by atoms with Gasteiger partial charge >= 0.3 is 0 Å². The molecule has 152 valence electrons. The second-order valence-electron chi connectivity index (χ2n) is 6.59. The topological polar surface area (TPSA) is 63.2 Å². The van der Waals surface area contributed by atoms with Gasteiger partial charge in [0.15, 0.2) is 5.11 Å². The molecule has 8 heteroatoms. The van der Waals surface area contributed by atoms with Crippen molar-refractivity contribution in [1.29, 1.82) is 0 Å². The van der Waals surface area contributed by atoms with Crippen molar-refractivity contribution in [2.75, 3.05) is 11.1 Å². The summed E-state index contributed by atoms with van der Waals surface area (Å²) >= 11 is 13.4. The van der Waals surface area contributed by atoms with E-state index in [9.17, 15) is 4.79 Å². The highest BCUT2D eigenvalue weighted by Crippen LogP contribution is 2.40. The highest BCUT2D eigenvalue weighted by Gasteiger charge is 2.18. The number of thioether (sulfide) groups is 1. The van der Waals surface area contributed by atoms with Gasteiger partial charge in [-0.1, -0.05) is 41.9 Å². The molecule has 30 heavy (non-hydrogen) atoms. The van der Waals surface area contributed by atoms with E-state index in [-0.39, 0.29) is 17.4 Å². The number of anilines is 1. The van der Waals surface area contributed by atoms with Crippen LogP contribution < -0.4 is 15.4 Å². The minimum Gasteiger partial charge on any atom is -0.456 e. The number of pyridine rings is 1. The maximum absolute atomic E-state index is 12.1. The van der Waals surface area contributed by atoms with Crippen LogP contribution in [0.3, 0.4) is 0 Å². The largest absolute Gasteiger partial charge is 0.456 e. The number of nitrogens with zero attached hydrogens (tertiary/aromatic N) is 1. The van der Waals surface area contributed by atoms with E-state index < -0.39 is 0 Å². The number of carbonyl (C=O) groups excluding carboxylic acids is 1.